The van der Waals surface area contributed by atoms with Gasteiger partial charge in [-0.25, -0.2) is 4.39 Å². The van der Waals surface area contributed by atoms with E-state index in [1.54, 1.807) is 0 Å². The SMILES string of the molecule is Nc1ccc(C(=O)NCCCN2CCCCC2)c(F)c1. The number of hydrogen-bond donors (Lipinski definition) is 2. The Kier molecular flexibility index (Phi) is 5.35. The summed E-state index contributed by atoms with van der Waals surface area (Å²) in [6.07, 6.45) is 4.75. The smallest absolute Gasteiger partial charge is 0.254 e. The molecule has 2 rings (SSSR count). The van der Waals surface area contributed by atoms with Gasteiger partial charge in [0.25, 0.3) is 5.91 Å². The van der Waals surface area contributed by atoms with Crippen molar-refractivity contribution in [2.75, 3.05) is 31.9 Å². The van der Waals surface area contributed by atoms with Crippen molar-refractivity contribution >= 4 is 11.6 Å². The molecule has 1 aromatic carbocycles. The van der Waals surface area contributed by atoms with Crippen molar-refractivity contribution in [3.8, 4) is 0 Å². The molecule has 1 fully saturated rings. The largest absolute Gasteiger partial charge is 0.399 e. The van der Waals surface area contributed by atoms with E-state index in [1.165, 1.54) is 37.5 Å². The van der Waals surface area contributed by atoms with Crippen molar-refractivity contribution in [3.05, 3.63) is 29.6 Å². The lowest BCUT2D eigenvalue weighted by Gasteiger charge is -2.26. The normalized spacial score (nSPS) is 16.1. The van der Waals surface area contributed by atoms with Gasteiger partial charge < -0.3 is 16.0 Å². The second kappa shape index (κ2) is 7.24. The van der Waals surface area contributed by atoms with E-state index in [-0.39, 0.29) is 11.5 Å². The standard InChI is InChI=1S/C15H22FN3O/c16-14-11-12(17)5-6-13(14)15(20)18-7-4-10-19-8-2-1-3-9-19/h5-6,11H,1-4,7-10,17H2,(H,18,20). The first-order chi connectivity index (χ1) is 9.66. The van der Waals surface area contributed by atoms with E-state index < -0.39 is 5.82 Å². The third-order valence-electron chi connectivity index (χ3n) is 3.62. The monoisotopic (exact) mass is 279 g/mol. The topological polar surface area (TPSA) is 58.4 Å². The fraction of sp³-hybridized carbons (Fsp3) is 0.533. The summed E-state index contributed by atoms with van der Waals surface area (Å²) in [5.41, 5.74) is 5.83. The molecule has 1 aliphatic rings. The molecule has 0 atom stereocenters. The Morgan fingerprint density at radius 2 is 2.05 bits per heavy atom. The molecule has 0 spiro atoms. The number of nitrogens with two attached hydrogens (primary N) is 1. The van der Waals surface area contributed by atoms with Gasteiger partial charge in [0.05, 0.1) is 5.56 Å². The molecule has 3 N–H and O–H groups in total. The average Bonchev–Trinajstić information content (AvgIpc) is 2.44. The molecule has 5 heteroatoms. The number of likely N-dealkylation sites (tertiary alicyclic amines) is 1. The summed E-state index contributed by atoms with van der Waals surface area (Å²) >= 11 is 0. The number of halogens is 1. The maximum absolute atomic E-state index is 13.6. The second-order valence-corrected chi connectivity index (χ2v) is 5.25. The number of nitrogens with zero attached hydrogens (tertiary/aromatic N) is 1. The zero-order valence-electron chi connectivity index (χ0n) is 11.7. The first-order valence-electron chi connectivity index (χ1n) is 7.22. The van der Waals surface area contributed by atoms with Gasteiger partial charge in [0.2, 0.25) is 0 Å². The van der Waals surface area contributed by atoms with Crippen molar-refractivity contribution in [1.29, 1.82) is 0 Å². The summed E-state index contributed by atoms with van der Waals surface area (Å²) in [5.74, 6) is -0.945. The van der Waals surface area contributed by atoms with Crippen LogP contribution in [-0.2, 0) is 0 Å². The van der Waals surface area contributed by atoms with Crippen LogP contribution in [-0.4, -0.2) is 37.0 Å². The summed E-state index contributed by atoms with van der Waals surface area (Å²) < 4.78 is 13.6. The first kappa shape index (κ1) is 14.8. The molecule has 4 nitrogen and oxygen atoms in total. The minimum absolute atomic E-state index is 0.0529. The van der Waals surface area contributed by atoms with Crippen LogP contribution < -0.4 is 11.1 Å². The van der Waals surface area contributed by atoms with Crippen LogP contribution in [0.15, 0.2) is 18.2 Å². The zero-order valence-corrected chi connectivity index (χ0v) is 11.7. The lowest BCUT2D eigenvalue weighted by atomic mass is 10.1. The van der Waals surface area contributed by atoms with Crippen LogP contribution >= 0.6 is 0 Å². The lowest BCUT2D eigenvalue weighted by Crippen LogP contribution is -2.33. The van der Waals surface area contributed by atoms with Crippen LogP contribution in [0.3, 0.4) is 0 Å². The molecule has 1 saturated heterocycles. The van der Waals surface area contributed by atoms with Gasteiger partial charge in [-0.15, -0.1) is 0 Å². The molecule has 0 radical (unpaired) electrons. The third-order valence-corrected chi connectivity index (χ3v) is 3.62. The first-order valence-corrected chi connectivity index (χ1v) is 7.22. The predicted octanol–water partition coefficient (Wildman–Crippen LogP) is 2.01. The molecule has 0 aliphatic carbocycles. The Morgan fingerprint density at radius 3 is 2.75 bits per heavy atom. The summed E-state index contributed by atoms with van der Waals surface area (Å²) in [6, 6.07) is 4.12. The van der Waals surface area contributed by atoms with Gasteiger partial charge in [0.15, 0.2) is 0 Å². The minimum Gasteiger partial charge on any atom is -0.399 e. The van der Waals surface area contributed by atoms with E-state index in [2.05, 4.69) is 10.2 Å². The number of benzene rings is 1. The number of hydrogen-bond acceptors (Lipinski definition) is 3. The predicted molar refractivity (Wildman–Crippen MR) is 78.1 cm³/mol. The highest BCUT2D eigenvalue weighted by molar-refractivity contribution is 5.94. The number of amides is 1. The van der Waals surface area contributed by atoms with Crippen LogP contribution in [0.5, 0.6) is 0 Å². The number of nitrogens with one attached hydrogen (secondary N) is 1. The minimum atomic E-state index is -0.571. The van der Waals surface area contributed by atoms with Crippen molar-refractivity contribution in [1.82, 2.24) is 10.2 Å². The highest BCUT2D eigenvalue weighted by atomic mass is 19.1. The summed E-state index contributed by atoms with van der Waals surface area (Å²) in [4.78, 5) is 14.2. The maximum Gasteiger partial charge on any atom is 0.254 e. The Bertz CT molecular complexity index is 458. The van der Waals surface area contributed by atoms with Gasteiger partial charge >= 0.3 is 0 Å². The van der Waals surface area contributed by atoms with Gasteiger partial charge in [0.1, 0.15) is 5.82 Å². The Labute approximate surface area is 119 Å². The third kappa shape index (κ3) is 4.20. The van der Waals surface area contributed by atoms with E-state index in [4.69, 9.17) is 5.73 Å². The molecular formula is C15H22FN3O. The molecule has 0 unspecified atom stereocenters. The van der Waals surface area contributed by atoms with Crippen molar-refractivity contribution in [3.63, 3.8) is 0 Å². The van der Waals surface area contributed by atoms with Crippen LogP contribution in [0.1, 0.15) is 36.0 Å². The second-order valence-electron chi connectivity index (χ2n) is 5.25. The molecule has 0 saturated carbocycles. The maximum atomic E-state index is 13.6. The summed E-state index contributed by atoms with van der Waals surface area (Å²) in [6.45, 7) is 3.87. The summed E-state index contributed by atoms with van der Waals surface area (Å²) in [7, 11) is 0. The highest BCUT2D eigenvalue weighted by Gasteiger charge is 2.12. The number of carbonyl (C=O) groups excluding carboxylic acids is 1. The lowest BCUT2D eigenvalue weighted by molar-refractivity contribution is 0.0947. The molecule has 0 aromatic heterocycles. The molecule has 1 aliphatic heterocycles. The van der Waals surface area contributed by atoms with Crippen LogP contribution in [0.25, 0.3) is 0 Å². The number of rotatable bonds is 5. The van der Waals surface area contributed by atoms with E-state index >= 15 is 0 Å². The van der Waals surface area contributed by atoms with Gasteiger partial charge in [-0.05, 0) is 57.1 Å². The number of anilines is 1. The van der Waals surface area contributed by atoms with Gasteiger partial charge in [-0.1, -0.05) is 6.42 Å². The highest BCUT2D eigenvalue weighted by Crippen LogP contribution is 2.12. The number of carbonyl (C=O) groups is 1. The van der Waals surface area contributed by atoms with Crippen LogP contribution in [0.2, 0.25) is 0 Å². The Morgan fingerprint density at radius 1 is 1.30 bits per heavy atom. The van der Waals surface area contributed by atoms with Crippen LogP contribution in [0.4, 0.5) is 10.1 Å². The molecular weight excluding hydrogens is 257 g/mol. The van der Waals surface area contributed by atoms with Gasteiger partial charge in [0, 0.05) is 12.2 Å². The van der Waals surface area contributed by atoms with Gasteiger partial charge in [-0.3, -0.25) is 4.79 Å². The van der Waals surface area contributed by atoms with Crippen molar-refractivity contribution < 1.29 is 9.18 Å². The molecule has 20 heavy (non-hydrogen) atoms. The molecule has 0 bridgehead atoms. The van der Waals surface area contributed by atoms with Gasteiger partial charge in [-0.2, -0.15) is 0 Å². The molecule has 1 heterocycles. The summed E-state index contributed by atoms with van der Waals surface area (Å²) in [5, 5.41) is 2.75. The Balaban J connectivity index is 1.72. The average molecular weight is 279 g/mol. The number of piperidine rings is 1. The van der Waals surface area contributed by atoms with E-state index in [1.807, 2.05) is 0 Å². The fourth-order valence-corrected chi connectivity index (χ4v) is 2.50. The zero-order chi connectivity index (χ0) is 14.4. The molecule has 1 amide bonds. The number of nitrogen functional groups attached to an aromatic ring is 1. The van der Waals surface area contributed by atoms with Crippen molar-refractivity contribution in [2.45, 2.75) is 25.7 Å². The molecule has 1 aromatic rings. The van der Waals surface area contributed by atoms with E-state index in [0.717, 1.165) is 26.1 Å². The van der Waals surface area contributed by atoms with E-state index in [9.17, 15) is 9.18 Å². The van der Waals surface area contributed by atoms with E-state index in [0.29, 0.717) is 12.2 Å². The molecule has 110 valence electrons. The van der Waals surface area contributed by atoms with Crippen molar-refractivity contribution in [2.24, 2.45) is 0 Å². The van der Waals surface area contributed by atoms with Crippen LogP contribution in [0, 0.1) is 5.82 Å². The Hall–Kier alpha value is -1.62. The quantitative estimate of drug-likeness (QED) is 0.640. The fourth-order valence-electron chi connectivity index (χ4n) is 2.50.